The van der Waals surface area contributed by atoms with Crippen LogP contribution in [0.1, 0.15) is 24.5 Å². The summed E-state index contributed by atoms with van der Waals surface area (Å²) >= 11 is 0. The van der Waals surface area contributed by atoms with E-state index in [0.717, 1.165) is 11.1 Å². The summed E-state index contributed by atoms with van der Waals surface area (Å²) in [6, 6.07) is 13.6. The third kappa shape index (κ3) is 6.51. The number of hydrogen-bond acceptors (Lipinski definition) is 6. The minimum atomic E-state index is -3.76. The van der Waals surface area contributed by atoms with Crippen molar-refractivity contribution in [2.45, 2.75) is 31.6 Å². The Hall–Kier alpha value is -2.64. The van der Waals surface area contributed by atoms with Crippen molar-refractivity contribution in [3.8, 4) is 5.75 Å². The summed E-state index contributed by atoms with van der Waals surface area (Å²) in [5, 5.41) is 0. The number of hydrogen-bond donors (Lipinski definition) is 0. The Kier molecular flexibility index (Phi) is 7.78. The molecule has 2 aromatic rings. The molecule has 150 valence electrons. The van der Waals surface area contributed by atoms with E-state index < -0.39 is 16.1 Å². The predicted molar refractivity (Wildman–Crippen MR) is 105 cm³/mol. The maximum Gasteiger partial charge on any atom is 0.373 e. The zero-order valence-electron chi connectivity index (χ0n) is 16.0. The Morgan fingerprint density at radius 3 is 2.50 bits per heavy atom. The maximum atomic E-state index is 12.2. The smallest absolute Gasteiger partial charge is 0.373 e. The molecule has 0 saturated heterocycles. The van der Waals surface area contributed by atoms with Crippen LogP contribution in [0.4, 0.5) is 0 Å². The number of rotatable bonds is 10. The number of benzene rings is 2. The molecule has 0 aromatic heterocycles. The topological polar surface area (TPSA) is 78.9 Å². The highest BCUT2D eigenvalue weighted by Crippen LogP contribution is 2.18. The first-order chi connectivity index (χ1) is 13.3. The van der Waals surface area contributed by atoms with Gasteiger partial charge in [-0.3, -0.25) is 4.18 Å². The predicted octanol–water partition coefficient (Wildman–Crippen LogP) is 3.79. The van der Waals surface area contributed by atoms with Crippen LogP contribution in [0.25, 0.3) is 0 Å². The molecule has 0 saturated carbocycles. The summed E-state index contributed by atoms with van der Waals surface area (Å²) in [4.78, 5) is 11.7. The largest absolute Gasteiger partial charge is 0.460 e. The van der Waals surface area contributed by atoms with Crippen molar-refractivity contribution < 1.29 is 26.9 Å². The van der Waals surface area contributed by atoms with Crippen molar-refractivity contribution in [2.75, 3.05) is 13.2 Å². The van der Waals surface area contributed by atoms with Crippen LogP contribution in [0.5, 0.6) is 5.75 Å². The SMILES string of the molecule is C=C(Oc1cccc(CCCOS(=O)(=O)c2ccc(C)cc2)c1)C(=O)OCC. The van der Waals surface area contributed by atoms with Crippen LogP contribution in [-0.4, -0.2) is 27.6 Å². The van der Waals surface area contributed by atoms with E-state index in [1.165, 1.54) is 12.1 Å². The van der Waals surface area contributed by atoms with Gasteiger partial charge in [0.05, 0.1) is 18.1 Å². The fraction of sp³-hybridized carbons (Fsp3) is 0.286. The highest BCUT2D eigenvalue weighted by molar-refractivity contribution is 7.86. The Morgan fingerprint density at radius 2 is 1.82 bits per heavy atom. The fourth-order valence-corrected chi connectivity index (χ4v) is 3.32. The van der Waals surface area contributed by atoms with Gasteiger partial charge in [-0.25, -0.2) is 4.79 Å². The van der Waals surface area contributed by atoms with E-state index in [0.29, 0.717) is 18.6 Å². The summed E-state index contributed by atoms with van der Waals surface area (Å²) < 4.78 is 39.6. The summed E-state index contributed by atoms with van der Waals surface area (Å²) in [6.07, 6.45) is 1.10. The second-order valence-electron chi connectivity index (χ2n) is 6.09. The monoisotopic (exact) mass is 404 g/mol. The highest BCUT2D eigenvalue weighted by Gasteiger charge is 2.14. The van der Waals surface area contributed by atoms with Gasteiger partial charge in [-0.1, -0.05) is 29.8 Å². The van der Waals surface area contributed by atoms with Crippen LogP contribution in [0.15, 0.2) is 65.8 Å². The van der Waals surface area contributed by atoms with E-state index in [4.69, 9.17) is 13.7 Å². The first-order valence-corrected chi connectivity index (χ1v) is 10.3. The molecular formula is C21H24O6S. The molecule has 0 heterocycles. The lowest BCUT2D eigenvalue weighted by Crippen LogP contribution is -2.11. The van der Waals surface area contributed by atoms with Gasteiger partial charge in [0.25, 0.3) is 10.1 Å². The molecule has 0 N–H and O–H groups in total. The Morgan fingerprint density at radius 1 is 1.11 bits per heavy atom. The first-order valence-electron chi connectivity index (χ1n) is 8.90. The zero-order valence-corrected chi connectivity index (χ0v) is 16.8. The Labute approximate surface area is 165 Å². The van der Waals surface area contributed by atoms with Gasteiger partial charge in [-0.05, 0) is 63.1 Å². The van der Waals surface area contributed by atoms with Gasteiger partial charge in [-0.15, -0.1) is 0 Å². The molecule has 0 radical (unpaired) electrons. The molecule has 0 fully saturated rings. The average molecular weight is 404 g/mol. The van der Waals surface area contributed by atoms with Crippen LogP contribution < -0.4 is 4.74 Å². The molecule has 0 aliphatic rings. The zero-order chi connectivity index (χ0) is 20.6. The molecule has 0 amide bonds. The van der Waals surface area contributed by atoms with Gasteiger partial charge >= 0.3 is 5.97 Å². The molecule has 0 unspecified atom stereocenters. The number of carbonyl (C=O) groups excluding carboxylic acids is 1. The van der Waals surface area contributed by atoms with Crippen LogP contribution in [-0.2, 0) is 30.3 Å². The van der Waals surface area contributed by atoms with Gasteiger partial charge in [0.1, 0.15) is 5.75 Å². The molecule has 28 heavy (non-hydrogen) atoms. The third-order valence-corrected chi connectivity index (χ3v) is 5.13. The number of ether oxygens (including phenoxy) is 2. The van der Waals surface area contributed by atoms with Crippen LogP contribution in [0, 0.1) is 6.92 Å². The standard InChI is InChI=1S/C21H24O6S/c1-4-25-21(22)17(3)27-19-9-5-7-18(15-19)8-6-14-26-28(23,24)20-12-10-16(2)11-13-20/h5,7,9-13,15H,3-4,6,8,14H2,1-2H3. The number of aryl methyl sites for hydroxylation is 2. The highest BCUT2D eigenvalue weighted by atomic mass is 32.2. The molecule has 0 aliphatic heterocycles. The molecule has 6 nitrogen and oxygen atoms in total. The minimum absolute atomic E-state index is 0.0663. The van der Waals surface area contributed by atoms with E-state index in [9.17, 15) is 13.2 Å². The first kappa shape index (κ1) is 21.7. The fourth-order valence-electron chi connectivity index (χ4n) is 2.38. The molecule has 2 aromatic carbocycles. The molecule has 0 spiro atoms. The summed E-state index contributed by atoms with van der Waals surface area (Å²) in [6.45, 7) is 7.45. The third-order valence-electron chi connectivity index (χ3n) is 3.80. The van der Waals surface area contributed by atoms with Crippen molar-refractivity contribution in [2.24, 2.45) is 0 Å². The lowest BCUT2D eigenvalue weighted by Gasteiger charge is -2.09. The van der Waals surface area contributed by atoms with Crippen LogP contribution in [0.2, 0.25) is 0 Å². The van der Waals surface area contributed by atoms with E-state index in [-0.39, 0.29) is 23.9 Å². The lowest BCUT2D eigenvalue weighted by molar-refractivity contribution is -0.140. The van der Waals surface area contributed by atoms with Crippen molar-refractivity contribution in [3.63, 3.8) is 0 Å². The van der Waals surface area contributed by atoms with E-state index >= 15 is 0 Å². The summed E-state index contributed by atoms with van der Waals surface area (Å²) in [5.41, 5.74) is 1.90. The molecule has 0 bridgehead atoms. The molecule has 7 heteroatoms. The number of esters is 1. The molecule has 2 rings (SSSR count). The van der Waals surface area contributed by atoms with E-state index in [2.05, 4.69) is 6.58 Å². The lowest BCUT2D eigenvalue weighted by atomic mass is 10.1. The van der Waals surface area contributed by atoms with Crippen molar-refractivity contribution in [3.05, 3.63) is 72.0 Å². The Bertz CT molecular complexity index is 916. The average Bonchev–Trinajstić information content (AvgIpc) is 2.66. The number of carbonyl (C=O) groups is 1. The van der Waals surface area contributed by atoms with Gasteiger partial charge < -0.3 is 9.47 Å². The maximum absolute atomic E-state index is 12.2. The van der Waals surface area contributed by atoms with Crippen molar-refractivity contribution in [1.29, 1.82) is 0 Å². The molecule has 0 atom stereocenters. The second-order valence-corrected chi connectivity index (χ2v) is 7.70. The van der Waals surface area contributed by atoms with E-state index in [1.54, 1.807) is 37.3 Å². The van der Waals surface area contributed by atoms with Crippen molar-refractivity contribution >= 4 is 16.1 Å². The van der Waals surface area contributed by atoms with Gasteiger partial charge in [0, 0.05) is 0 Å². The normalized spacial score (nSPS) is 11.1. The van der Waals surface area contributed by atoms with Gasteiger partial charge in [0.15, 0.2) is 0 Å². The second kappa shape index (κ2) is 10.1. The van der Waals surface area contributed by atoms with Gasteiger partial charge in [0.2, 0.25) is 5.76 Å². The molecular weight excluding hydrogens is 380 g/mol. The quantitative estimate of drug-likeness (QED) is 0.197. The van der Waals surface area contributed by atoms with Crippen LogP contribution >= 0.6 is 0 Å². The van der Waals surface area contributed by atoms with Crippen molar-refractivity contribution in [1.82, 2.24) is 0 Å². The minimum Gasteiger partial charge on any atom is -0.460 e. The van der Waals surface area contributed by atoms with E-state index in [1.807, 2.05) is 13.0 Å². The van der Waals surface area contributed by atoms with Crippen LogP contribution in [0.3, 0.4) is 0 Å². The summed E-state index contributed by atoms with van der Waals surface area (Å²) in [7, 11) is -3.76. The Balaban J connectivity index is 1.85. The van der Waals surface area contributed by atoms with Gasteiger partial charge in [-0.2, -0.15) is 8.42 Å². The summed E-state index contributed by atoms with van der Waals surface area (Å²) in [5.74, 6) is -0.238. The molecule has 0 aliphatic carbocycles.